The summed E-state index contributed by atoms with van der Waals surface area (Å²) in [5.41, 5.74) is 2.36. The third-order valence-corrected chi connectivity index (χ3v) is 2.93. The number of carbonyl (C=O) groups is 1. The molecule has 1 heterocycles. The van der Waals surface area contributed by atoms with Gasteiger partial charge >= 0.3 is 0 Å². The Morgan fingerprint density at radius 3 is 2.90 bits per heavy atom. The second-order valence-electron chi connectivity index (χ2n) is 4.44. The van der Waals surface area contributed by atoms with E-state index in [4.69, 9.17) is 4.74 Å². The molecule has 0 radical (unpaired) electrons. The van der Waals surface area contributed by atoms with Gasteiger partial charge in [0.1, 0.15) is 11.4 Å². The molecule has 1 amide bonds. The van der Waals surface area contributed by atoms with Crippen LogP contribution in [0.15, 0.2) is 42.6 Å². The SMILES string of the molecule is CCOc1cccc(CNc2ccnc(C(=O)NC)c2)c1. The molecule has 0 atom stereocenters. The third-order valence-electron chi connectivity index (χ3n) is 2.93. The Morgan fingerprint density at radius 2 is 2.14 bits per heavy atom. The molecule has 21 heavy (non-hydrogen) atoms. The lowest BCUT2D eigenvalue weighted by Gasteiger charge is -2.09. The lowest BCUT2D eigenvalue weighted by Crippen LogP contribution is -2.19. The molecule has 0 fully saturated rings. The number of amides is 1. The van der Waals surface area contributed by atoms with E-state index in [1.165, 1.54) is 0 Å². The zero-order chi connectivity index (χ0) is 15.1. The van der Waals surface area contributed by atoms with E-state index in [9.17, 15) is 4.79 Å². The summed E-state index contributed by atoms with van der Waals surface area (Å²) >= 11 is 0. The minimum Gasteiger partial charge on any atom is -0.494 e. The van der Waals surface area contributed by atoms with Crippen molar-refractivity contribution < 1.29 is 9.53 Å². The van der Waals surface area contributed by atoms with Crippen LogP contribution in [-0.2, 0) is 6.54 Å². The topological polar surface area (TPSA) is 63.2 Å². The van der Waals surface area contributed by atoms with Crippen molar-refractivity contribution in [3.8, 4) is 5.75 Å². The minimum atomic E-state index is -0.197. The number of aromatic nitrogens is 1. The Balaban J connectivity index is 2.02. The standard InChI is InChI=1S/C16H19N3O2/c1-3-21-14-6-4-5-12(9-14)11-19-13-7-8-18-15(10-13)16(20)17-2/h4-10H,3,11H2,1-2H3,(H,17,20)(H,18,19). The van der Waals surface area contributed by atoms with Crippen molar-refractivity contribution in [3.63, 3.8) is 0 Å². The number of ether oxygens (including phenoxy) is 1. The van der Waals surface area contributed by atoms with E-state index in [2.05, 4.69) is 15.6 Å². The maximum atomic E-state index is 11.5. The van der Waals surface area contributed by atoms with Gasteiger partial charge in [0.15, 0.2) is 0 Å². The smallest absolute Gasteiger partial charge is 0.269 e. The number of nitrogens with one attached hydrogen (secondary N) is 2. The lowest BCUT2D eigenvalue weighted by atomic mass is 10.2. The molecule has 0 bridgehead atoms. The van der Waals surface area contributed by atoms with Crippen molar-refractivity contribution in [1.82, 2.24) is 10.3 Å². The van der Waals surface area contributed by atoms with Crippen LogP contribution in [0.2, 0.25) is 0 Å². The molecule has 1 aromatic carbocycles. The van der Waals surface area contributed by atoms with Gasteiger partial charge in [-0.2, -0.15) is 0 Å². The number of pyridine rings is 1. The van der Waals surface area contributed by atoms with Gasteiger partial charge in [-0.1, -0.05) is 12.1 Å². The Bertz CT molecular complexity index is 614. The quantitative estimate of drug-likeness (QED) is 0.855. The molecular formula is C16H19N3O2. The van der Waals surface area contributed by atoms with Crippen molar-refractivity contribution in [2.75, 3.05) is 19.0 Å². The number of hydrogen-bond donors (Lipinski definition) is 2. The van der Waals surface area contributed by atoms with Crippen LogP contribution in [0.4, 0.5) is 5.69 Å². The van der Waals surface area contributed by atoms with Gasteiger partial charge in [0.25, 0.3) is 5.91 Å². The van der Waals surface area contributed by atoms with Crippen LogP contribution in [0.3, 0.4) is 0 Å². The second-order valence-corrected chi connectivity index (χ2v) is 4.44. The summed E-state index contributed by atoms with van der Waals surface area (Å²) in [6, 6.07) is 11.5. The average Bonchev–Trinajstić information content (AvgIpc) is 2.53. The Kier molecular flexibility index (Phi) is 5.15. The molecule has 2 rings (SSSR count). The second kappa shape index (κ2) is 7.28. The van der Waals surface area contributed by atoms with Gasteiger partial charge in [-0.05, 0) is 36.8 Å². The molecule has 110 valence electrons. The van der Waals surface area contributed by atoms with Crippen LogP contribution < -0.4 is 15.4 Å². The first-order valence-corrected chi connectivity index (χ1v) is 6.86. The molecule has 2 N–H and O–H groups in total. The normalized spacial score (nSPS) is 10.0. The Labute approximate surface area is 124 Å². The lowest BCUT2D eigenvalue weighted by molar-refractivity contribution is 0.0958. The summed E-state index contributed by atoms with van der Waals surface area (Å²) < 4.78 is 5.47. The summed E-state index contributed by atoms with van der Waals surface area (Å²) in [7, 11) is 1.59. The zero-order valence-electron chi connectivity index (χ0n) is 12.2. The fourth-order valence-corrected chi connectivity index (χ4v) is 1.91. The van der Waals surface area contributed by atoms with Gasteiger partial charge in [-0.15, -0.1) is 0 Å². The molecule has 0 spiro atoms. The van der Waals surface area contributed by atoms with E-state index >= 15 is 0 Å². The molecular weight excluding hydrogens is 266 g/mol. The molecule has 0 aliphatic carbocycles. The molecule has 5 nitrogen and oxygen atoms in total. The molecule has 2 aromatic rings. The Hall–Kier alpha value is -2.56. The molecule has 0 aliphatic rings. The van der Waals surface area contributed by atoms with Crippen LogP contribution in [-0.4, -0.2) is 24.5 Å². The first kappa shape index (κ1) is 14.8. The summed E-state index contributed by atoms with van der Waals surface area (Å²) in [6.07, 6.45) is 1.61. The first-order valence-electron chi connectivity index (χ1n) is 6.86. The highest BCUT2D eigenvalue weighted by molar-refractivity contribution is 5.92. The molecule has 1 aromatic heterocycles. The number of anilines is 1. The number of rotatable bonds is 6. The van der Waals surface area contributed by atoms with E-state index in [1.807, 2.05) is 37.3 Å². The minimum absolute atomic E-state index is 0.197. The number of hydrogen-bond acceptors (Lipinski definition) is 4. The van der Waals surface area contributed by atoms with Crippen molar-refractivity contribution in [1.29, 1.82) is 0 Å². The van der Waals surface area contributed by atoms with Crippen molar-refractivity contribution >= 4 is 11.6 Å². The van der Waals surface area contributed by atoms with Crippen LogP contribution >= 0.6 is 0 Å². The maximum Gasteiger partial charge on any atom is 0.269 e. The van der Waals surface area contributed by atoms with E-state index in [0.717, 1.165) is 17.0 Å². The van der Waals surface area contributed by atoms with Gasteiger partial charge < -0.3 is 15.4 Å². The Morgan fingerprint density at radius 1 is 1.29 bits per heavy atom. The summed E-state index contributed by atoms with van der Waals surface area (Å²) in [5, 5.41) is 5.83. The van der Waals surface area contributed by atoms with Gasteiger partial charge in [0.05, 0.1) is 6.61 Å². The summed E-state index contributed by atoms with van der Waals surface area (Å²) in [5.74, 6) is 0.662. The maximum absolute atomic E-state index is 11.5. The summed E-state index contributed by atoms with van der Waals surface area (Å²) in [6.45, 7) is 3.26. The predicted octanol–water partition coefficient (Wildman–Crippen LogP) is 2.45. The van der Waals surface area contributed by atoms with E-state index in [0.29, 0.717) is 18.8 Å². The fraction of sp³-hybridized carbons (Fsp3) is 0.250. The van der Waals surface area contributed by atoms with Crippen LogP contribution in [0.5, 0.6) is 5.75 Å². The number of benzene rings is 1. The van der Waals surface area contributed by atoms with Crippen LogP contribution in [0.25, 0.3) is 0 Å². The fourth-order valence-electron chi connectivity index (χ4n) is 1.91. The first-order chi connectivity index (χ1) is 10.2. The van der Waals surface area contributed by atoms with Crippen molar-refractivity contribution in [2.45, 2.75) is 13.5 Å². The predicted molar refractivity (Wildman–Crippen MR) is 82.6 cm³/mol. The third kappa shape index (κ3) is 4.21. The van der Waals surface area contributed by atoms with Gasteiger partial charge in [-0.25, -0.2) is 0 Å². The molecule has 0 saturated heterocycles. The van der Waals surface area contributed by atoms with Crippen molar-refractivity contribution in [3.05, 3.63) is 53.9 Å². The molecule has 0 aliphatic heterocycles. The molecule has 0 saturated carbocycles. The molecule has 5 heteroatoms. The van der Waals surface area contributed by atoms with Crippen LogP contribution in [0, 0.1) is 0 Å². The highest BCUT2D eigenvalue weighted by Crippen LogP contribution is 2.15. The van der Waals surface area contributed by atoms with Crippen molar-refractivity contribution in [2.24, 2.45) is 0 Å². The molecule has 0 unspecified atom stereocenters. The zero-order valence-corrected chi connectivity index (χ0v) is 12.2. The van der Waals surface area contributed by atoms with E-state index in [-0.39, 0.29) is 5.91 Å². The van der Waals surface area contributed by atoms with Gasteiger partial charge in [0, 0.05) is 25.5 Å². The summed E-state index contributed by atoms with van der Waals surface area (Å²) in [4.78, 5) is 15.6. The number of nitrogens with zero attached hydrogens (tertiary/aromatic N) is 1. The highest BCUT2D eigenvalue weighted by Gasteiger charge is 2.05. The largest absolute Gasteiger partial charge is 0.494 e. The number of carbonyl (C=O) groups excluding carboxylic acids is 1. The van der Waals surface area contributed by atoms with E-state index in [1.54, 1.807) is 19.3 Å². The van der Waals surface area contributed by atoms with E-state index < -0.39 is 0 Å². The monoisotopic (exact) mass is 285 g/mol. The average molecular weight is 285 g/mol. The highest BCUT2D eigenvalue weighted by atomic mass is 16.5. The van der Waals surface area contributed by atoms with Crippen LogP contribution in [0.1, 0.15) is 23.0 Å². The van der Waals surface area contributed by atoms with Gasteiger partial charge in [-0.3, -0.25) is 9.78 Å². The van der Waals surface area contributed by atoms with Gasteiger partial charge in [0.2, 0.25) is 0 Å².